The molecule has 0 spiro atoms. The lowest BCUT2D eigenvalue weighted by Crippen LogP contribution is -2.38. The summed E-state index contributed by atoms with van der Waals surface area (Å²) in [5, 5.41) is 6.69. The highest BCUT2D eigenvalue weighted by Crippen LogP contribution is 2.17. The summed E-state index contributed by atoms with van der Waals surface area (Å²) in [5.41, 5.74) is 2.87. The van der Waals surface area contributed by atoms with Crippen LogP contribution in [0.25, 0.3) is 11.5 Å². The summed E-state index contributed by atoms with van der Waals surface area (Å²) in [6, 6.07) is 17.8. The minimum Gasteiger partial charge on any atom is -0.497 e. The van der Waals surface area contributed by atoms with E-state index in [2.05, 4.69) is 15.6 Å². The molecule has 1 heterocycles. The third kappa shape index (κ3) is 7.46. The molecule has 0 radical (unpaired) electrons. The van der Waals surface area contributed by atoms with Crippen LogP contribution in [0, 0.1) is 0 Å². The van der Waals surface area contributed by atoms with Crippen molar-refractivity contribution in [2.75, 3.05) is 26.9 Å². The summed E-state index contributed by atoms with van der Waals surface area (Å²) >= 11 is 0. The Morgan fingerprint density at radius 3 is 2.61 bits per heavy atom. The number of oxazole rings is 1. The van der Waals surface area contributed by atoms with E-state index in [1.807, 2.05) is 61.5 Å². The molecule has 7 nitrogen and oxygen atoms in total. The van der Waals surface area contributed by atoms with Crippen molar-refractivity contribution < 1.29 is 13.9 Å². The molecule has 0 unspecified atom stereocenters. The lowest BCUT2D eigenvalue weighted by molar-refractivity contribution is 0.145. The number of hydrogen-bond acceptors (Lipinski definition) is 5. The number of nitrogens with zero attached hydrogens (tertiary/aromatic N) is 2. The summed E-state index contributed by atoms with van der Waals surface area (Å²) in [4.78, 5) is 9.27. The second kappa shape index (κ2) is 12.4. The van der Waals surface area contributed by atoms with Gasteiger partial charge in [0.2, 0.25) is 5.89 Å². The molecule has 31 heavy (non-hydrogen) atoms. The van der Waals surface area contributed by atoms with Gasteiger partial charge in [0, 0.05) is 25.3 Å². The highest BCUT2D eigenvalue weighted by atomic mass is 16.5. The van der Waals surface area contributed by atoms with E-state index in [1.165, 1.54) is 0 Å². The highest BCUT2D eigenvalue weighted by Gasteiger charge is 2.07. The first-order valence-corrected chi connectivity index (χ1v) is 10.5. The Kier molecular flexibility index (Phi) is 8.94. The predicted octanol–water partition coefficient (Wildman–Crippen LogP) is 4.01. The van der Waals surface area contributed by atoms with Crippen LogP contribution in [0.1, 0.15) is 24.6 Å². The monoisotopic (exact) mass is 422 g/mol. The number of methoxy groups -OCH3 is 1. The first-order valence-electron chi connectivity index (χ1n) is 10.5. The second-order valence-electron chi connectivity index (χ2n) is 6.85. The number of rotatable bonds is 11. The molecule has 164 valence electrons. The Hall–Kier alpha value is -3.32. The van der Waals surface area contributed by atoms with E-state index in [1.54, 1.807) is 13.4 Å². The quantitative estimate of drug-likeness (QED) is 0.276. The van der Waals surface area contributed by atoms with Crippen molar-refractivity contribution in [2.45, 2.75) is 26.4 Å². The zero-order chi connectivity index (χ0) is 21.7. The fraction of sp³-hybridized carbons (Fsp3) is 0.333. The van der Waals surface area contributed by atoms with Gasteiger partial charge in [-0.3, -0.25) is 0 Å². The van der Waals surface area contributed by atoms with Crippen LogP contribution < -0.4 is 15.4 Å². The fourth-order valence-corrected chi connectivity index (χ4v) is 2.88. The van der Waals surface area contributed by atoms with E-state index in [4.69, 9.17) is 18.9 Å². The number of aromatic nitrogens is 1. The maximum absolute atomic E-state index is 5.62. The first-order chi connectivity index (χ1) is 15.3. The van der Waals surface area contributed by atoms with Crippen LogP contribution in [0.4, 0.5) is 0 Å². The van der Waals surface area contributed by atoms with E-state index >= 15 is 0 Å². The van der Waals surface area contributed by atoms with E-state index in [0.717, 1.165) is 54.7 Å². The fourth-order valence-electron chi connectivity index (χ4n) is 2.88. The minimum atomic E-state index is 0.510. The number of aliphatic imine (C=N–C) groups is 1. The molecular weight excluding hydrogens is 392 g/mol. The minimum absolute atomic E-state index is 0.510. The van der Waals surface area contributed by atoms with E-state index in [0.29, 0.717) is 19.0 Å². The zero-order valence-electron chi connectivity index (χ0n) is 18.1. The first kappa shape index (κ1) is 22.4. The van der Waals surface area contributed by atoms with Gasteiger partial charge in [0.25, 0.3) is 0 Å². The SMILES string of the molecule is CCOCCCNC(=NCc1ccc(OC)cc1)NCc1coc(-c2ccccc2)n1. The van der Waals surface area contributed by atoms with Crippen molar-refractivity contribution >= 4 is 5.96 Å². The van der Waals surface area contributed by atoms with Crippen LogP contribution in [-0.4, -0.2) is 37.8 Å². The zero-order valence-corrected chi connectivity index (χ0v) is 18.1. The second-order valence-corrected chi connectivity index (χ2v) is 6.85. The van der Waals surface area contributed by atoms with Gasteiger partial charge in [0.05, 0.1) is 25.9 Å². The van der Waals surface area contributed by atoms with Crippen LogP contribution in [0.15, 0.2) is 70.3 Å². The van der Waals surface area contributed by atoms with Gasteiger partial charge in [-0.25, -0.2) is 9.98 Å². The maximum atomic E-state index is 5.62. The molecule has 0 fully saturated rings. The molecule has 3 rings (SSSR count). The van der Waals surface area contributed by atoms with Gasteiger partial charge in [-0.15, -0.1) is 0 Å². The van der Waals surface area contributed by atoms with Crippen molar-refractivity contribution in [3.8, 4) is 17.2 Å². The Morgan fingerprint density at radius 1 is 1.06 bits per heavy atom. The molecule has 0 aliphatic carbocycles. The molecule has 2 aromatic carbocycles. The molecular formula is C24H30N4O3. The number of ether oxygens (including phenoxy) is 2. The van der Waals surface area contributed by atoms with Crippen LogP contribution in [0.2, 0.25) is 0 Å². The van der Waals surface area contributed by atoms with Crippen molar-refractivity contribution in [1.82, 2.24) is 15.6 Å². The van der Waals surface area contributed by atoms with Gasteiger partial charge in [0.15, 0.2) is 5.96 Å². The lowest BCUT2D eigenvalue weighted by atomic mass is 10.2. The van der Waals surface area contributed by atoms with Gasteiger partial charge in [-0.1, -0.05) is 30.3 Å². The molecule has 0 bridgehead atoms. The van der Waals surface area contributed by atoms with Crippen LogP contribution >= 0.6 is 0 Å². The highest BCUT2D eigenvalue weighted by molar-refractivity contribution is 5.79. The summed E-state index contributed by atoms with van der Waals surface area (Å²) in [6.45, 7) is 5.28. The maximum Gasteiger partial charge on any atom is 0.226 e. The third-order valence-electron chi connectivity index (χ3n) is 4.55. The molecule has 0 amide bonds. The summed E-state index contributed by atoms with van der Waals surface area (Å²) < 4.78 is 16.2. The van der Waals surface area contributed by atoms with Gasteiger partial charge in [0.1, 0.15) is 12.0 Å². The molecule has 0 saturated carbocycles. The summed E-state index contributed by atoms with van der Waals surface area (Å²) in [5.74, 6) is 2.16. The average molecular weight is 423 g/mol. The number of hydrogen-bond donors (Lipinski definition) is 2. The molecule has 2 N–H and O–H groups in total. The van der Waals surface area contributed by atoms with Crippen molar-refractivity contribution in [3.05, 3.63) is 72.1 Å². The molecule has 7 heteroatoms. The van der Waals surface area contributed by atoms with Crippen LogP contribution in [0.5, 0.6) is 5.75 Å². The lowest BCUT2D eigenvalue weighted by Gasteiger charge is -2.12. The number of benzene rings is 2. The smallest absolute Gasteiger partial charge is 0.226 e. The Labute approximate surface area is 183 Å². The number of guanidine groups is 1. The van der Waals surface area contributed by atoms with Gasteiger partial charge < -0.3 is 24.5 Å². The van der Waals surface area contributed by atoms with Gasteiger partial charge in [-0.05, 0) is 43.2 Å². The Bertz CT molecular complexity index is 924. The summed E-state index contributed by atoms with van der Waals surface area (Å²) in [7, 11) is 1.66. The van der Waals surface area contributed by atoms with Gasteiger partial charge >= 0.3 is 0 Å². The van der Waals surface area contributed by atoms with E-state index < -0.39 is 0 Å². The van der Waals surface area contributed by atoms with Gasteiger partial charge in [-0.2, -0.15) is 0 Å². The Morgan fingerprint density at radius 2 is 1.87 bits per heavy atom. The van der Waals surface area contributed by atoms with E-state index in [-0.39, 0.29) is 0 Å². The normalized spacial score (nSPS) is 11.4. The average Bonchev–Trinajstić information content (AvgIpc) is 3.30. The summed E-state index contributed by atoms with van der Waals surface area (Å²) in [6.07, 6.45) is 2.57. The van der Waals surface area contributed by atoms with E-state index in [9.17, 15) is 0 Å². The molecule has 0 aliphatic heterocycles. The number of nitrogens with one attached hydrogen (secondary N) is 2. The van der Waals surface area contributed by atoms with Crippen molar-refractivity contribution in [3.63, 3.8) is 0 Å². The molecule has 0 aliphatic rings. The molecule has 1 aromatic heterocycles. The van der Waals surface area contributed by atoms with Crippen molar-refractivity contribution in [2.24, 2.45) is 4.99 Å². The Balaban J connectivity index is 1.59. The van der Waals surface area contributed by atoms with Crippen LogP contribution in [0.3, 0.4) is 0 Å². The van der Waals surface area contributed by atoms with Crippen LogP contribution in [-0.2, 0) is 17.8 Å². The topological polar surface area (TPSA) is 80.9 Å². The standard InChI is InChI=1S/C24H30N4O3/c1-3-30-15-7-14-25-24(26-16-19-10-12-22(29-2)13-11-19)27-17-21-18-31-23(28-21)20-8-5-4-6-9-20/h4-6,8-13,18H,3,7,14-17H2,1-2H3,(H2,25,26,27). The molecule has 0 saturated heterocycles. The molecule has 3 aromatic rings. The largest absolute Gasteiger partial charge is 0.497 e. The van der Waals surface area contributed by atoms with Crippen molar-refractivity contribution in [1.29, 1.82) is 0 Å². The third-order valence-corrected chi connectivity index (χ3v) is 4.55. The molecule has 0 atom stereocenters. The predicted molar refractivity (Wildman–Crippen MR) is 122 cm³/mol.